The highest BCUT2D eigenvalue weighted by Gasteiger charge is 2.36. The van der Waals surface area contributed by atoms with Crippen LogP contribution in [-0.2, 0) is 4.74 Å². The highest BCUT2D eigenvalue weighted by atomic mass is 16.5. The van der Waals surface area contributed by atoms with Crippen molar-refractivity contribution in [3.05, 3.63) is 0 Å². The molecule has 1 unspecified atom stereocenters. The second-order valence-corrected chi connectivity index (χ2v) is 5.23. The SMILES string of the molecule is CCN(CC1CC1)CC1(CO)CCOC1. The zero-order valence-electron chi connectivity index (χ0n) is 9.74. The van der Waals surface area contributed by atoms with E-state index in [9.17, 15) is 5.11 Å². The van der Waals surface area contributed by atoms with Gasteiger partial charge < -0.3 is 14.7 Å². The number of aliphatic hydroxyl groups is 1. The zero-order valence-corrected chi connectivity index (χ0v) is 9.74. The molecule has 1 heterocycles. The van der Waals surface area contributed by atoms with E-state index in [4.69, 9.17) is 4.74 Å². The monoisotopic (exact) mass is 213 g/mol. The highest BCUT2D eigenvalue weighted by Crippen LogP contribution is 2.33. The molecule has 1 saturated heterocycles. The minimum absolute atomic E-state index is 0.0326. The van der Waals surface area contributed by atoms with Crippen molar-refractivity contribution in [2.45, 2.75) is 26.2 Å². The summed E-state index contributed by atoms with van der Waals surface area (Å²) in [5.74, 6) is 0.933. The van der Waals surface area contributed by atoms with Gasteiger partial charge in [0.2, 0.25) is 0 Å². The van der Waals surface area contributed by atoms with Crippen molar-refractivity contribution in [1.82, 2.24) is 4.90 Å². The van der Waals surface area contributed by atoms with E-state index in [0.717, 1.165) is 38.6 Å². The van der Waals surface area contributed by atoms with Crippen LogP contribution in [0.3, 0.4) is 0 Å². The molecule has 0 aromatic carbocycles. The van der Waals surface area contributed by atoms with Gasteiger partial charge in [0.15, 0.2) is 0 Å². The Morgan fingerprint density at radius 1 is 1.47 bits per heavy atom. The molecule has 0 aromatic heterocycles. The number of rotatable bonds is 6. The molecule has 2 aliphatic rings. The summed E-state index contributed by atoms with van der Waals surface area (Å²) in [7, 11) is 0. The van der Waals surface area contributed by atoms with Gasteiger partial charge in [-0.15, -0.1) is 0 Å². The molecule has 0 radical (unpaired) electrons. The maximum atomic E-state index is 9.50. The maximum Gasteiger partial charge on any atom is 0.0557 e. The van der Waals surface area contributed by atoms with Crippen LogP contribution in [0.1, 0.15) is 26.2 Å². The molecule has 0 bridgehead atoms. The largest absolute Gasteiger partial charge is 0.396 e. The third-order valence-electron chi connectivity index (χ3n) is 3.74. The summed E-state index contributed by atoms with van der Waals surface area (Å²) >= 11 is 0. The summed E-state index contributed by atoms with van der Waals surface area (Å²) in [6.07, 6.45) is 3.82. The van der Waals surface area contributed by atoms with Gasteiger partial charge in [0.05, 0.1) is 13.2 Å². The summed E-state index contributed by atoms with van der Waals surface area (Å²) < 4.78 is 5.43. The Morgan fingerprint density at radius 2 is 2.27 bits per heavy atom. The Balaban J connectivity index is 1.84. The van der Waals surface area contributed by atoms with Crippen LogP contribution in [0.5, 0.6) is 0 Å². The number of aliphatic hydroxyl groups excluding tert-OH is 1. The molecule has 1 aliphatic heterocycles. The first-order chi connectivity index (χ1) is 7.28. The lowest BCUT2D eigenvalue weighted by Gasteiger charge is -2.32. The average Bonchev–Trinajstić information content (AvgIpc) is 2.95. The Labute approximate surface area is 92.4 Å². The highest BCUT2D eigenvalue weighted by molar-refractivity contribution is 4.87. The van der Waals surface area contributed by atoms with E-state index in [1.54, 1.807) is 0 Å². The molecule has 3 heteroatoms. The summed E-state index contributed by atoms with van der Waals surface area (Å²) in [6, 6.07) is 0. The van der Waals surface area contributed by atoms with Gasteiger partial charge in [-0.05, 0) is 31.7 Å². The van der Waals surface area contributed by atoms with E-state index in [0.29, 0.717) is 0 Å². The summed E-state index contributed by atoms with van der Waals surface area (Å²) in [5, 5.41) is 9.50. The first kappa shape index (κ1) is 11.4. The van der Waals surface area contributed by atoms with Crippen LogP contribution in [0.15, 0.2) is 0 Å². The first-order valence-corrected chi connectivity index (χ1v) is 6.19. The summed E-state index contributed by atoms with van der Waals surface area (Å²) in [5.41, 5.74) is 0.0326. The number of nitrogens with zero attached hydrogens (tertiary/aromatic N) is 1. The molecular weight excluding hydrogens is 190 g/mol. The van der Waals surface area contributed by atoms with E-state index in [1.807, 2.05) is 0 Å². The standard InChI is InChI=1S/C12H23NO2/c1-2-13(7-11-3-4-11)8-12(9-14)5-6-15-10-12/h11,14H,2-10H2,1H3. The second kappa shape index (κ2) is 4.81. The van der Waals surface area contributed by atoms with Gasteiger partial charge in [0.1, 0.15) is 0 Å². The zero-order chi connectivity index (χ0) is 10.7. The lowest BCUT2D eigenvalue weighted by molar-refractivity contribution is 0.0568. The molecule has 15 heavy (non-hydrogen) atoms. The molecule has 0 spiro atoms. The topological polar surface area (TPSA) is 32.7 Å². The van der Waals surface area contributed by atoms with E-state index in [-0.39, 0.29) is 12.0 Å². The van der Waals surface area contributed by atoms with Crippen LogP contribution in [0.2, 0.25) is 0 Å². The third kappa shape index (κ3) is 2.92. The van der Waals surface area contributed by atoms with E-state index < -0.39 is 0 Å². The number of ether oxygens (including phenoxy) is 1. The maximum absolute atomic E-state index is 9.50. The van der Waals surface area contributed by atoms with E-state index >= 15 is 0 Å². The van der Waals surface area contributed by atoms with Crippen molar-refractivity contribution in [2.24, 2.45) is 11.3 Å². The van der Waals surface area contributed by atoms with Gasteiger partial charge in [-0.25, -0.2) is 0 Å². The number of hydrogen-bond acceptors (Lipinski definition) is 3. The fourth-order valence-electron chi connectivity index (χ4n) is 2.39. The second-order valence-electron chi connectivity index (χ2n) is 5.23. The lowest BCUT2D eigenvalue weighted by atomic mass is 9.87. The Morgan fingerprint density at radius 3 is 2.73 bits per heavy atom. The lowest BCUT2D eigenvalue weighted by Crippen LogP contribution is -2.41. The molecule has 88 valence electrons. The van der Waals surface area contributed by atoms with Crippen molar-refractivity contribution < 1.29 is 9.84 Å². The Bertz CT molecular complexity index is 198. The van der Waals surface area contributed by atoms with Crippen molar-refractivity contribution in [3.63, 3.8) is 0 Å². The van der Waals surface area contributed by atoms with Crippen molar-refractivity contribution in [1.29, 1.82) is 0 Å². The fourth-order valence-corrected chi connectivity index (χ4v) is 2.39. The van der Waals surface area contributed by atoms with Gasteiger partial charge in [0, 0.05) is 25.1 Å². The molecule has 0 aromatic rings. The van der Waals surface area contributed by atoms with Crippen LogP contribution >= 0.6 is 0 Å². The quantitative estimate of drug-likeness (QED) is 0.717. The van der Waals surface area contributed by atoms with Crippen molar-refractivity contribution >= 4 is 0 Å². The van der Waals surface area contributed by atoms with E-state index in [2.05, 4.69) is 11.8 Å². The predicted molar refractivity (Wildman–Crippen MR) is 59.8 cm³/mol. The third-order valence-corrected chi connectivity index (χ3v) is 3.74. The minimum Gasteiger partial charge on any atom is -0.396 e. The van der Waals surface area contributed by atoms with Crippen LogP contribution in [0.4, 0.5) is 0 Å². The molecule has 1 N–H and O–H groups in total. The smallest absolute Gasteiger partial charge is 0.0557 e. The first-order valence-electron chi connectivity index (χ1n) is 6.19. The molecule has 2 fully saturated rings. The molecule has 2 rings (SSSR count). The molecule has 1 atom stereocenters. The molecule has 1 saturated carbocycles. The molecule has 0 amide bonds. The van der Waals surface area contributed by atoms with Crippen molar-refractivity contribution in [2.75, 3.05) is 39.5 Å². The number of hydrogen-bond donors (Lipinski definition) is 1. The fraction of sp³-hybridized carbons (Fsp3) is 1.00. The molecule has 3 nitrogen and oxygen atoms in total. The van der Waals surface area contributed by atoms with Crippen LogP contribution in [-0.4, -0.2) is 49.5 Å². The van der Waals surface area contributed by atoms with Gasteiger partial charge in [-0.2, -0.15) is 0 Å². The van der Waals surface area contributed by atoms with Gasteiger partial charge >= 0.3 is 0 Å². The Hall–Kier alpha value is -0.120. The average molecular weight is 213 g/mol. The molecule has 1 aliphatic carbocycles. The Kier molecular flexibility index (Phi) is 3.65. The van der Waals surface area contributed by atoms with Gasteiger partial charge in [0.25, 0.3) is 0 Å². The summed E-state index contributed by atoms with van der Waals surface area (Å²) in [4.78, 5) is 2.49. The normalized spacial score (nSPS) is 31.4. The van der Waals surface area contributed by atoms with E-state index in [1.165, 1.54) is 19.4 Å². The van der Waals surface area contributed by atoms with Crippen LogP contribution in [0.25, 0.3) is 0 Å². The minimum atomic E-state index is 0.0326. The molecular formula is C12H23NO2. The van der Waals surface area contributed by atoms with Gasteiger partial charge in [-0.3, -0.25) is 0 Å². The summed E-state index contributed by atoms with van der Waals surface area (Å²) in [6.45, 7) is 7.37. The predicted octanol–water partition coefficient (Wildman–Crippen LogP) is 1.12. The van der Waals surface area contributed by atoms with Crippen LogP contribution in [0, 0.1) is 11.3 Å². The van der Waals surface area contributed by atoms with Crippen molar-refractivity contribution in [3.8, 4) is 0 Å². The van der Waals surface area contributed by atoms with Crippen LogP contribution < -0.4 is 0 Å². The van der Waals surface area contributed by atoms with Gasteiger partial charge in [-0.1, -0.05) is 6.92 Å².